The fraction of sp³-hybridized carbons (Fsp3) is 1.00. The van der Waals surface area contributed by atoms with Crippen LogP contribution in [0.1, 0.15) is 51.9 Å². The second-order valence-electron chi connectivity index (χ2n) is 4.67. The van der Waals surface area contributed by atoms with Crippen LogP contribution < -0.4 is 5.73 Å². The van der Waals surface area contributed by atoms with Gasteiger partial charge in [0.1, 0.15) is 0 Å². The van der Waals surface area contributed by atoms with E-state index in [0.29, 0.717) is 6.04 Å². The first-order valence-electron chi connectivity index (χ1n) is 6.12. The maximum Gasteiger partial charge on any atom is 0.0468 e. The molecule has 1 saturated carbocycles. The molecule has 2 heteroatoms. The summed E-state index contributed by atoms with van der Waals surface area (Å²) < 4.78 is 5.58. The Morgan fingerprint density at radius 2 is 2.07 bits per heavy atom. The predicted octanol–water partition coefficient (Wildman–Crippen LogP) is 2.71. The topological polar surface area (TPSA) is 35.2 Å². The Bertz CT molecular complexity index is 132. The van der Waals surface area contributed by atoms with Crippen LogP contribution >= 0.6 is 0 Å². The summed E-state index contributed by atoms with van der Waals surface area (Å²) in [6.07, 6.45) is 9.12. The summed E-state index contributed by atoms with van der Waals surface area (Å²) in [5.74, 6) is 0.985. The van der Waals surface area contributed by atoms with Crippen LogP contribution in [0.2, 0.25) is 0 Å². The minimum atomic E-state index is 0.352. The van der Waals surface area contributed by atoms with Gasteiger partial charge in [-0.2, -0.15) is 0 Å². The van der Waals surface area contributed by atoms with Crippen molar-refractivity contribution in [3.63, 3.8) is 0 Å². The van der Waals surface area contributed by atoms with Gasteiger partial charge in [0.15, 0.2) is 0 Å². The molecule has 14 heavy (non-hydrogen) atoms. The standard InChI is InChI=1S/C12H25NO/c1-11(13)5-2-3-9-14-10-8-12-6-4-7-12/h11-12H,2-10,13H2,1H3. The molecule has 0 radical (unpaired) electrons. The molecule has 1 unspecified atom stereocenters. The van der Waals surface area contributed by atoms with Gasteiger partial charge in [-0.25, -0.2) is 0 Å². The van der Waals surface area contributed by atoms with E-state index in [4.69, 9.17) is 10.5 Å². The first-order chi connectivity index (χ1) is 6.79. The van der Waals surface area contributed by atoms with Crippen LogP contribution in [0, 0.1) is 5.92 Å². The molecule has 0 heterocycles. The highest BCUT2D eigenvalue weighted by Crippen LogP contribution is 2.29. The fourth-order valence-corrected chi connectivity index (χ4v) is 1.80. The summed E-state index contributed by atoms with van der Waals surface area (Å²) in [6, 6.07) is 0.352. The number of rotatable bonds is 8. The highest BCUT2D eigenvalue weighted by atomic mass is 16.5. The van der Waals surface area contributed by atoms with Crippen molar-refractivity contribution < 1.29 is 4.74 Å². The molecule has 0 aromatic carbocycles. The van der Waals surface area contributed by atoms with Gasteiger partial charge in [-0.15, -0.1) is 0 Å². The van der Waals surface area contributed by atoms with Crippen LogP contribution in [0.5, 0.6) is 0 Å². The molecule has 0 spiro atoms. The number of hydrogen-bond donors (Lipinski definition) is 1. The van der Waals surface area contributed by atoms with Crippen LogP contribution in [0.25, 0.3) is 0 Å². The summed E-state index contributed by atoms with van der Waals surface area (Å²) in [5.41, 5.74) is 5.66. The first-order valence-corrected chi connectivity index (χ1v) is 6.12. The minimum absolute atomic E-state index is 0.352. The van der Waals surface area contributed by atoms with E-state index >= 15 is 0 Å². The van der Waals surface area contributed by atoms with Gasteiger partial charge in [0.25, 0.3) is 0 Å². The van der Waals surface area contributed by atoms with E-state index < -0.39 is 0 Å². The molecule has 1 aliphatic carbocycles. The lowest BCUT2D eigenvalue weighted by molar-refractivity contribution is 0.103. The van der Waals surface area contributed by atoms with E-state index in [1.807, 2.05) is 0 Å². The van der Waals surface area contributed by atoms with Gasteiger partial charge in [-0.3, -0.25) is 0 Å². The highest BCUT2D eigenvalue weighted by Gasteiger charge is 2.16. The third-order valence-corrected chi connectivity index (χ3v) is 3.09. The number of hydrogen-bond acceptors (Lipinski definition) is 2. The van der Waals surface area contributed by atoms with Crippen LogP contribution in [0.15, 0.2) is 0 Å². The molecule has 0 aliphatic heterocycles. The lowest BCUT2D eigenvalue weighted by atomic mass is 9.83. The quantitative estimate of drug-likeness (QED) is 0.610. The third kappa shape index (κ3) is 5.61. The maximum atomic E-state index is 5.66. The summed E-state index contributed by atoms with van der Waals surface area (Å²) >= 11 is 0. The fourth-order valence-electron chi connectivity index (χ4n) is 1.80. The summed E-state index contributed by atoms with van der Waals surface area (Å²) in [7, 11) is 0. The van der Waals surface area contributed by atoms with Crippen LogP contribution in [-0.4, -0.2) is 19.3 Å². The molecule has 0 aromatic heterocycles. The average Bonchev–Trinajstić information content (AvgIpc) is 2.06. The molecule has 2 N–H and O–H groups in total. The van der Waals surface area contributed by atoms with Crippen molar-refractivity contribution in [2.45, 2.75) is 57.9 Å². The third-order valence-electron chi connectivity index (χ3n) is 3.09. The normalized spacial score (nSPS) is 19.3. The van der Waals surface area contributed by atoms with Crippen molar-refractivity contribution in [1.82, 2.24) is 0 Å². The van der Waals surface area contributed by atoms with E-state index in [0.717, 1.165) is 25.6 Å². The zero-order valence-corrected chi connectivity index (χ0v) is 9.50. The van der Waals surface area contributed by atoms with Gasteiger partial charge in [0, 0.05) is 19.3 Å². The molecule has 0 amide bonds. The van der Waals surface area contributed by atoms with Crippen LogP contribution in [0.3, 0.4) is 0 Å². The Morgan fingerprint density at radius 3 is 2.64 bits per heavy atom. The Kier molecular flexibility index (Phi) is 6.20. The molecule has 1 atom stereocenters. The van der Waals surface area contributed by atoms with E-state index in [9.17, 15) is 0 Å². The molecular weight excluding hydrogens is 174 g/mol. The van der Waals surface area contributed by atoms with Gasteiger partial charge < -0.3 is 10.5 Å². The van der Waals surface area contributed by atoms with Crippen molar-refractivity contribution in [3.05, 3.63) is 0 Å². The largest absolute Gasteiger partial charge is 0.381 e. The summed E-state index contributed by atoms with van der Waals surface area (Å²) in [4.78, 5) is 0. The zero-order valence-electron chi connectivity index (χ0n) is 9.50. The van der Waals surface area contributed by atoms with E-state index in [1.165, 1.54) is 38.5 Å². The van der Waals surface area contributed by atoms with Gasteiger partial charge in [0.2, 0.25) is 0 Å². The average molecular weight is 199 g/mol. The van der Waals surface area contributed by atoms with Crippen molar-refractivity contribution >= 4 is 0 Å². The Hall–Kier alpha value is -0.0800. The van der Waals surface area contributed by atoms with Gasteiger partial charge in [-0.1, -0.05) is 19.3 Å². The van der Waals surface area contributed by atoms with Crippen LogP contribution in [-0.2, 0) is 4.74 Å². The monoisotopic (exact) mass is 199 g/mol. The van der Waals surface area contributed by atoms with E-state index in [2.05, 4.69) is 6.92 Å². The molecule has 1 fully saturated rings. The van der Waals surface area contributed by atoms with Gasteiger partial charge in [-0.05, 0) is 38.5 Å². The zero-order chi connectivity index (χ0) is 10.2. The van der Waals surface area contributed by atoms with Gasteiger partial charge >= 0.3 is 0 Å². The first kappa shape index (κ1) is 12.0. The smallest absolute Gasteiger partial charge is 0.0468 e. The molecule has 1 aliphatic rings. The van der Waals surface area contributed by atoms with E-state index in [1.54, 1.807) is 0 Å². The molecule has 0 aromatic rings. The Balaban J connectivity index is 1.71. The molecule has 1 rings (SSSR count). The molecule has 2 nitrogen and oxygen atoms in total. The van der Waals surface area contributed by atoms with Crippen molar-refractivity contribution in [1.29, 1.82) is 0 Å². The number of ether oxygens (including phenoxy) is 1. The van der Waals surface area contributed by atoms with Crippen molar-refractivity contribution in [3.8, 4) is 0 Å². The molecule has 84 valence electrons. The minimum Gasteiger partial charge on any atom is -0.381 e. The Morgan fingerprint density at radius 1 is 1.29 bits per heavy atom. The van der Waals surface area contributed by atoms with Crippen molar-refractivity contribution in [2.24, 2.45) is 11.7 Å². The SMILES string of the molecule is CC(N)CCCCOCCC1CCC1. The summed E-state index contributed by atoms with van der Waals surface area (Å²) in [5, 5.41) is 0. The second kappa shape index (κ2) is 7.24. The molecular formula is C12H25NO. The Labute approximate surface area is 88.2 Å². The summed E-state index contributed by atoms with van der Waals surface area (Å²) in [6.45, 7) is 3.97. The van der Waals surface area contributed by atoms with E-state index in [-0.39, 0.29) is 0 Å². The molecule has 0 bridgehead atoms. The lowest BCUT2D eigenvalue weighted by Crippen LogP contribution is -2.15. The molecule has 0 saturated heterocycles. The second-order valence-corrected chi connectivity index (χ2v) is 4.67. The van der Waals surface area contributed by atoms with Crippen molar-refractivity contribution in [2.75, 3.05) is 13.2 Å². The van der Waals surface area contributed by atoms with Gasteiger partial charge in [0.05, 0.1) is 0 Å². The predicted molar refractivity (Wildman–Crippen MR) is 60.3 cm³/mol. The lowest BCUT2D eigenvalue weighted by Gasteiger charge is -2.24. The number of nitrogens with two attached hydrogens (primary N) is 1. The number of unbranched alkanes of at least 4 members (excludes halogenated alkanes) is 1. The maximum absolute atomic E-state index is 5.66. The van der Waals surface area contributed by atoms with Crippen LogP contribution in [0.4, 0.5) is 0 Å². The highest BCUT2D eigenvalue weighted by molar-refractivity contribution is 4.68.